The minimum Gasteiger partial charge on any atom is -0.382 e. The first-order chi connectivity index (χ1) is 3.43. The maximum Gasteiger partial charge on any atom is 0.0525 e. The van der Waals surface area contributed by atoms with Crippen molar-refractivity contribution in [3.8, 4) is 0 Å². The second-order valence-corrected chi connectivity index (χ2v) is 3.77. The van der Waals surface area contributed by atoms with Gasteiger partial charge in [-0.1, -0.05) is 6.55 Å². The van der Waals surface area contributed by atoms with Crippen molar-refractivity contribution in [2.75, 3.05) is 6.61 Å². The smallest absolute Gasteiger partial charge is 0.0525 e. The summed E-state index contributed by atoms with van der Waals surface area (Å²) in [7, 11) is 0.168. The van der Waals surface area contributed by atoms with Gasteiger partial charge in [-0.05, 0) is 12.8 Å². The van der Waals surface area contributed by atoms with Crippen molar-refractivity contribution in [1.29, 1.82) is 0 Å². The molecule has 1 heterocycles. The van der Waals surface area contributed by atoms with Gasteiger partial charge in [0.2, 0.25) is 0 Å². The fourth-order valence-electron chi connectivity index (χ4n) is 0.966. The molecular formula is C5H12OSi. The molecule has 0 radical (unpaired) electrons. The van der Waals surface area contributed by atoms with E-state index in [0.717, 1.165) is 12.3 Å². The molecule has 7 heavy (non-hydrogen) atoms. The molecule has 1 rings (SSSR count). The van der Waals surface area contributed by atoms with Crippen molar-refractivity contribution in [2.45, 2.75) is 25.1 Å². The molecule has 1 unspecified atom stereocenters. The molecular weight excluding hydrogens is 104 g/mol. The van der Waals surface area contributed by atoms with E-state index in [1.807, 2.05) is 0 Å². The molecule has 0 N–H and O–H groups in total. The Hall–Kier alpha value is 0.177. The highest BCUT2D eigenvalue weighted by Gasteiger charge is 2.11. The van der Waals surface area contributed by atoms with Crippen LogP contribution in [0.4, 0.5) is 0 Å². The van der Waals surface area contributed by atoms with Gasteiger partial charge in [-0.25, -0.2) is 0 Å². The van der Waals surface area contributed by atoms with E-state index >= 15 is 0 Å². The van der Waals surface area contributed by atoms with Crippen LogP contribution < -0.4 is 0 Å². The molecule has 1 fully saturated rings. The van der Waals surface area contributed by atoms with E-state index in [4.69, 9.17) is 4.74 Å². The lowest BCUT2D eigenvalue weighted by molar-refractivity contribution is 0.166. The summed E-state index contributed by atoms with van der Waals surface area (Å²) in [5.41, 5.74) is 0.736. The molecule has 1 saturated heterocycles. The van der Waals surface area contributed by atoms with Gasteiger partial charge in [0, 0.05) is 12.3 Å². The third-order valence-corrected chi connectivity index (χ3v) is 3.03. The van der Waals surface area contributed by atoms with Gasteiger partial charge < -0.3 is 4.74 Å². The predicted molar refractivity (Wildman–Crippen MR) is 33.4 cm³/mol. The fourth-order valence-corrected chi connectivity index (χ4v) is 2.07. The zero-order valence-electron chi connectivity index (χ0n) is 4.81. The molecule has 42 valence electrons. The molecule has 0 aromatic carbocycles. The van der Waals surface area contributed by atoms with Gasteiger partial charge >= 0.3 is 0 Å². The maximum absolute atomic E-state index is 5.36. The summed E-state index contributed by atoms with van der Waals surface area (Å²) in [5, 5.41) is 0. The molecule has 1 aliphatic rings. The van der Waals surface area contributed by atoms with Crippen LogP contribution in [0.25, 0.3) is 0 Å². The Balaban J connectivity index is 2.14. The van der Waals surface area contributed by atoms with E-state index in [-0.39, 0.29) is 9.52 Å². The van der Waals surface area contributed by atoms with Crippen molar-refractivity contribution in [3.05, 3.63) is 0 Å². The standard InChI is InChI=1S/C5H12OSi/c1-7-5-3-2-4-6-5/h5H,2-4,7H2,1H3. The minimum absolute atomic E-state index is 0.168. The summed E-state index contributed by atoms with van der Waals surface area (Å²) in [6.07, 6.45) is 2.66. The first-order valence-electron chi connectivity index (χ1n) is 3.05. The monoisotopic (exact) mass is 116 g/mol. The molecule has 0 amide bonds. The van der Waals surface area contributed by atoms with Crippen LogP contribution in [0, 0.1) is 0 Å². The molecule has 1 aliphatic heterocycles. The van der Waals surface area contributed by atoms with Crippen LogP contribution in [0.3, 0.4) is 0 Å². The minimum atomic E-state index is 0.168. The second-order valence-electron chi connectivity index (χ2n) is 2.04. The van der Waals surface area contributed by atoms with Crippen LogP contribution in [-0.4, -0.2) is 21.9 Å². The Morgan fingerprint density at radius 1 is 1.71 bits per heavy atom. The molecule has 0 saturated carbocycles. The van der Waals surface area contributed by atoms with Crippen LogP contribution in [0.2, 0.25) is 6.55 Å². The van der Waals surface area contributed by atoms with E-state index in [1.54, 1.807) is 0 Å². The van der Waals surface area contributed by atoms with Crippen molar-refractivity contribution in [1.82, 2.24) is 0 Å². The van der Waals surface area contributed by atoms with Crippen molar-refractivity contribution >= 4 is 9.52 Å². The average Bonchev–Trinajstić information content (AvgIpc) is 2.14. The van der Waals surface area contributed by atoms with Gasteiger partial charge in [-0.3, -0.25) is 0 Å². The highest BCUT2D eigenvalue weighted by Crippen LogP contribution is 2.09. The topological polar surface area (TPSA) is 9.23 Å². The molecule has 0 aromatic rings. The van der Waals surface area contributed by atoms with Crippen LogP contribution >= 0.6 is 0 Å². The summed E-state index contributed by atoms with van der Waals surface area (Å²) in [5.74, 6) is 0. The summed E-state index contributed by atoms with van der Waals surface area (Å²) < 4.78 is 5.36. The van der Waals surface area contributed by atoms with E-state index < -0.39 is 0 Å². The van der Waals surface area contributed by atoms with Crippen molar-refractivity contribution in [2.24, 2.45) is 0 Å². The molecule has 0 bridgehead atoms. The van der Waals surface area contributed by atoms with Gasteiger partial charge in [0.15, 0.2) is 0 Å². The summed E-state index contributed by atoms with van der Waals surface area (Å²) in [6.45, 7) is 3.35. The number of hydrogen-bond acceptors (Lipinski definition) is 1. The highest BCUT2D eigenvalue weighted by molar-refractivity contribution is 6.35. The fraction of sp³-hybridized carbons (Fsp3) is 1.00. The van der Waals surface area contributed by atoms with Crippen LogP contribution in [0.5, 0.6) is 0 Å². The van der Waals surface area contributed by atoms with Crippen LogP contribution in [0.1, 0.15) is 12.8 Å². The largest absolute Gasteiger partial charge is 0.382 e. The Kier molecular flexibility index (Phi) is 1.88. The van der Waals surface area contributed by atoms with Crippen LogP contribution in [-0.2, 0) is 4.74 Å². The quantitative estimate of drug-likeness (QED) is 0.449. The Bertz CT molecular complexity index is 50.0. The lowest BCUT2D eigenvalue weighted by Crippen LogP contribution is -2.10. The average molecular weight is 116 g/mol. The third-order valence-electron chi connectivity index (χ3n) is 1.48. The number of ether oxygens (including phenoxy) is 1. The molecule has 2 heteroatoms. The first kappa shape index (κ1) is 5.32. The van der Waals surface area contributed by atoms with Crippen molar-refractivity contribution < 1.29 is 4.74 Å². The van der Waals surface area contributed by atoms with E-state index in [2.05, 4.69) is 6.55 Å². The van der Waals surface area contributed by atoms with E-state index in [0.29, 0.717) is 0 Å². The van der Waals surface area contributed by atoms with E-state index in [9.17, 15) is 0 Å². The molecule has 0 spiro atoms. The van der Waals surface area contributed by atoms with Gasteiger partial charge in [0.05, 0.1) is 9.52 Å². The first-order valence-corrected chi connectivity index (χ1v) is 5.28. The lowest BCUT2D eigenvalue weighted by atomic mass is 10.4. The zero-order chi connectivity index (χ0) is 5.11. The Morgan fingerprint density at radius 3 is 2.86 bits per heavy atom. The molecule has 0 aliphatic carbocycles. The lowest BCUT2D eigenvalue weighted by Gasteiger charge is -2.00. The van der Waals surface area contributed by atoms with Gasteiger partial charge in [-0.15, -0.1) is 0 Å². The molecule has 1 nitrogen and oxygen atoms in total. The maximum atomic E-state index is 5.36. The van der Waals surface area contributed by atoms with Crippen molar-refractivity contribution in [3.63, 3.8) is 0 Å². The van der Waals surface area contributed by atoms with Gasteiger partial charge in [-0.2, -0.15) is 0 Å². The van der Waals surface area contributed by atoms with E-state index in [1.165, 1.54) is 12.8 Å². The third kappa shape index (κ3) is 1.28. The SMILES string of the molecule is C[SiH2]C1CCCO1. The van der Waals surface area contributed by atoms with Gasteiger partial charge in [0.25, 0.3) is 0 Å². The predicted octanol–water partition coefficient (Wildman–Crippen LogP) is 0.340. The van der Waals surface area contributed by atoms with Crippen LogP contribution in [0.15, 0.2) is 0 Å². The number of rotatable bonds is 1. The number of hydrogen-bond donors (Lipinski definition) is 0. The summed E-state index contributed by atoms with van der Waals surface area (Å²) in [6, 6.07) is 0. The highest BCUT2D eigenvalue weighted by atomic mass is 28.2. The zero-order valence-corrected chi connectivity index (χ0v) is 6.23. The summed E-state index contributed by atoms with van der Waals surface area (Å²) in [4.78, 5) is 0. The van der Waals surface area contributed by atoms with Gasteiger partial charge in [0.1, 0.15) is 0 Å². The Morgan fingerprint density at radius 2 is 2.57 bits per heavy atom. The summed E-state index contributed by atoms with van der Waals surface area (Å²) >= 11 is 0. The Labute approximate surface area is 46.9 Å². The molecule has 1 atom stereocenters. The second kappa shape index (κ2) is 2.48. The molecule has 0 aromatic heterocycles. The normalized spacial score (nSPS) is 33.0.